The quantitative estimate of drug-likeness (QED) is 0.470. The first-order valence-electron chi connectivity index (χ1n) is 4.66. The molecule has 4 heteroatoms. The monoisotopic (exact) mass is 185 g/mol. The number of likely N-dealkylation sites (N-methyl/N-ethyl adjacent to an activating group) is 2. The maximum absolute atomic E-state index is 7.66. The summed E-state index contributed by atoms with van der Waals surface area (Å²) in [5.74, 6) is 0.372. The Bertz CT molecular complexity index is 184. The zero-order valence-electron chi connectivity index (χ0n) is 8.71. The van der Waals surface area contributed by atoms with Gasteiger partial charge in [0.2, 0.25) is 0 Å². The lowest BCUT2D eigenvalue weighted by molar-refractivity contribution is 0.239. The van der Waals surface area contributed by atoms with E-state index in [0.717, 1.165) is 19.6 Å². The van der Waals surface area contributed by atoms with E-state index in [-0.39, 0.29) is 6.04 Å². The summed E-state index contributed by atoms with van der Waals surface area (Å²) < 4.78 is 4.98. The third-order valence-electron chi connectivity index (χ3n) is 2.59. The van der Waals surface area contributed by atoms with E-state index in [9.17, 15) is 0 Å². The number of ether oxygens (including phenoxy) is 1. The van der Waals surface area contributed by atoms with Crippen molar-refractivity contribution in [3.05, 3.63) is 0 Å². The molecule has 4 nitrogen and oxygen atoms in total. The Balaban J connectivity index is 2.61. The summed E-state index contributed by atoms with van der Waals surface area (Å²) in [6, 6.07) is 0.123. The molecule has 1 heterocycles. The molecule has 0 aromatic carbocycles. The fourth-order valence-electron chi connectivity index (χ4n) is 1.69. The molecule has 0 bridgehead atoms. The molecule has 1 rings (SSSR count). The molecule has 1 fully saturated rings. The molecule has 1 unspecified atom stereocenters. The van der Waals surface area contributed by atoms with E-state index in [4.69, 9.17) is 10.1 Å². The normalized spacial score (nSPS) is 26.8. The molecule has 0 aliphatic carbocycles. The fraction of sp³-hybridized carbons (Fsp3) is 0.889. The first kappa shape index (κ1) is 10.5. The van der Waals surface area contributed by atoms with Crippen LogP contribution in [-0.2, 0) is 4.74 Å². The molecule has 1 aliphatic rings. The highest BCUT2D eigenvalue weighted by atomic mass is 16.5. The van der Waals surface area contributed by atoms with Crippen molar-refractivity contribution >= 4 is 5.90 Å². The Morgan fingerprint density at radius 2 is 2.08 bits per heavy atom. The van der Waals surface area contributed by atoms with Gasteiger partial charge in [-0.3, -0.25) is 10.3 Å². The minimum absolute atomic E-state index is 0.123. The molecule has 0 spiro atoms. The first-order chi connectivity index (χ1) is 6.15. The summed E-state index contributed by atoms with van der Waals surface area (Å²) in [5.41, 5.74) is 0. The van der Waals surface area contributed by atoms with E-state index in [1.165, 1.54) is 6.42 Å². The van der Waals surface area contributed by atoms with Crippen LogP contribution in [0.4, 0.5) is 0 Å². The SMILES string of the molecule is COC(=N)C1CN(C)CCCN1C. The Labute approximate surface area is 80.0 Å². The van der Waals surface area contributed by atoms with Crippen molar-refractivity contribution in [2.75, 3.05) is 40.8 Å². The minimum atomic E-state index is 0.123. The second kappa shape index (κ2) is 4.58. The van der Waals surface area contributed by atoms with Crippen LogP contribution in [0, 0.1) is 5.41 Å². The Hall–Kier alpha value is -0.610. The predicted octanol–water partition coefficient (Wildman–Crippen LogP) is 0.246. The van der Waals surface area contributed by atoms with Gasteiger partial charge in [0.05, 0.1) is 13.2 Å². The lowest BCUT2D eigenvalue weighted by Crippen LogP contribution is -2.43. The van der Waals surface area contributed by atoms with Crippen molar-refractivity contribution in [1.82, 2.24) is 9.80 Å². The van der Waals surface area contributed by atoms with Crippen LogP contribution in [0.2, 0.25) is 0 Å². The van der Waals surface area contributed by atoms with Gasteiger partial charge in [-0.2, -0.15) is 0 Å². The molecular formula is C9H19N3O. The van der Waals surface area contributed by atoms with Gasteiger partial charge in [0, 0.05) is 6.54 Å². The number of hydrogen-bond donors (Lipinski definition) is 1. The maximum atomic E-state index is 7.66. The van der Waals surface area contributed by atoms with Crippen LogP contribution in [0.25, 0.3) is 0 Å². The van der Waals surface area contributed by atoms with Gasteiger partial charge in [0.1, 0.15) is 0 Å². The molecule has 0 saturated carbocycles. The zero-order chi connectivity index (χ0) is 9.84. The van der Waals surface area contributed by atoms with Gasteiger partial charge in [-0.15, -0.1) is 0 Å². The third kappa shape index (κ3) is 2.67. The third-order valence-corrected chi connectivity index (χ3v) is 2.59. The highest BCUT2D eigenvalue weighted by Crippen LogP contribution is 2.07. The molecule has 1 atom stereocenters. The summed E-state index contributed by atoms with van der Waals surface area (Å²) in [6.45, 7) is 3.04. The Morgan fingerprint density at radius 1 is 1.38 bits per heavy atom. The van der Waals surface area contributed by atoms with Crippen LogP contribution < -0.4 is 0 Å². The topological polar surface area (TPSA) is 39.6 Å². The lowest BCUT2D eigenvalue weighted by atomic mass is 10.2. The standard InChI is InChI=1S/C9H19N3O/c1-11-5-4-6-12(2)8(7-11)9(10)13-3/h8,10H,4-7H2,1-3H3. The molecule has 1 aliphatic heterocycles. The van der Waals surface area contributed by atoms with E-state index in [2.05, 4.69) is 23.9 Å². The van der Waals surface area contributed by atoms with Gasteiger partial charge in [0.25, 0.3) is 0 Å². The van der Waals surface area contributed by atoms with Crippen LogP contribution in [-0.4, -0.2) is 62.6 Å². The van der Waals surface area contributed by atoms with E-state index in [1.807, 2.05) is 0 Å². The van der Waals surface area contributed by atoms with Crippen LogP contribution in [0.15, 0.2) is 0 Å². The molecule has 0 aromatic rings. The van der Waals surface area contributed by atoms with E-state index >= 15 is 0 Å². The minimum Gasteiger partial charge on any atom is -0.483 e. The summed E-state index contributed by atoms with van der Waals surface area (Å²) >= 11 is 0. The average Bonchev–Trinajstić information content (AvgIpc) is 2.27. The molecule has 0 aromatic heterocycles. The molecule has 13 heavy (non-hydrogen) atoms. The van der Waals surface area contributed by atoms with Crippen molar-refractivity contribution in [3.8, 4) is 0 Å². The van der Waals surface area contributed by atoms with Gasteiger partial charge >= 0.3 is 0 Å². The number of rotatable bonds is 1. The molecular weight excluding hydrogens is 166 g/mol. The summed E-state index contributed by atoms with van der Waals surface area (Å²) in [4.78, 5) is 4.44. The van der Waals surface area contributed by atoms with Crippen molar-refractivity contribution in [1.29, 1.82) is 5.41 Å². The summed E-state index contributed by atoms with van der Waals surface area (Å²) in [7, 11) is 5.72. The predicted molar refractivity (Wildman–Crippen MR) is 53.3 cm³/mol. The van der Waals surface area contributed by atoms with Crippen molar-refractivity contribution in [3.63, 3.8) is 0 Å². The summed E-state index contributed by atoms with van der Waals surface area (Å²) in [5, 5.41) is 7.66. The second-order valence-corrected chi connectivity index (χ2v) is 3.68. The van der Waals surface area contributed by atoms with Crippen LogP contribution in [0.3, 0.4) is 0 Å². The highest BCUT2D eigenvalue weighted by molar-refractivity contribution is 5.78. The highest BCUT2D eigenvalue weighted by Gasteiger charge is 2.24. The van der Waals surface area contributed by atoms with Gasteiger partial charge in [-0.25, -0.2) is 0 Å². The van der Waals surface area contributed by atoms with Gasteiger partial charge in [-0.05, 0) is 33.6 Å². The largest absolute Gasteiger partial charge is 0.483 e. The van der Waals surface area contributed by atoms with E-state index in [1.54, 1.807) is 7.11 Å². The molecule has 76 valence electrons. The smallest absolute Gasteiger partial charge is 0.199 e. The van der Waals surface area contributed by atoms with Crippen LogP contribution in [0.5, 0.6) is 0 Å². The van der Waals surface area contributed by atoms with Crippen molar-refractivity contribution in [2.24, 2.45) is 0 Å². The second-order valence-electron chi connectivity index (χ2n) is 3.68. The molecule has 0 radical (unpaired) electrons. The fourth-order valence-corrected chi connectivity index (χ4v) is 1.69. The first-order valence-corrected chi connectivity index (χ1v) is 4.66. The van der Waals surface area contributed by atoms with Gasteiger partial charge in [-0.1, -0.05) is 0 Å². The number of nitrogens with zero attached hydrogens (tertiary/aromatic N) is 2. The summed E-state index contributed by atoms with van der Waals surface area (Å²) in [6.07, 6.45) is 1.17. The lowest BCUT2D eigenvalue weighted by Gasteiger charge is -2.26. The molecule has 1 saturated heterocycles. The zero-order valence-corrected chi connectivity index (χ0v) is 8.71. The van der Waals surface area contributed by atoms with Crippen molar-refractivity contribution < 1.29 is 4.74 Å². The van der Waals surface area contributed by atoms with E-state index < -0.39 is 0 Å². The maximum Gasteiger partial charge on any atom is 0.199 e. The van der Waals surface area contributed by atoms with Gasteiger partial charge < -0.3 is 9.64 Å². The Morgan fingerprint density at radius 3 is 2.69 bits per heavy atom. The Kier molecular flexibility index (Phi) is 3.69. The van der Waals surface area contributed by atoms with Crippen LogP contribution >= 0.6 is 0 Å². The number of nitrogens with one attached hydrogen (secondary N) is 1. The van der Waals surface area contributed by atoms with Crippen molar-refractivity contribution in [2.45, 2.75) is 12.5 Å². The number of hydrogen-bond acceptors (Lipinski definition) is 4. The average molecular weight is 185 g/mol. The molecule has 1 N–H and O–H groups in total. The number of methoxy groups -OCH3 is 1. The van der Waals surface area contributed by atoms with Gasteiger partial charge in [0.15, 0.2) is 5.90 Å². The van der Waals surface area contributed by atoms with Crippen LogP contribution in [0.1, 0.15) is 6.42 Å². The molecule has 0 amide bonds. The van der Waals surface area contributed by atoms with E-state index in [0.29, 0.717) is 5.90 Å².